The summed E-state index contributed by atoms with van der Waals surface area (Å²) >= 11 is 0. The molecule has 0 aliphatic heterocycles. The summed E-state index contributed by atoms with van der Waals surface area (Å²) in [6.07, 6.45) is 8.09. The summed E-state index contributed by atoms with van der Waals surface area (Å²) in [6.45, 7) is 0.659. The van der Waals surface area contributed by atoms with Gasteiger partial charge >= 0.3 is 0 Å². The molecule has 1 N–H and O–H groups in total. The lowest BCUT2D eigenvalue weighted by molar-refractivity contribution is 0.0954. The van der Waals surface area contributed by atoms with Gasteiger partial charge in [0.05, 0.1) is 12.8 Å². The zero-order chi connectivity index (χ0) is 22.2. The normalized spacial score (nSPS) is 13.2. The molecule has 3 aromatic rings. The number of methoxy groups -OCH3 is 1. The molecule has 0 atom stereocenters. The highest BCUT2D eigenvalue weighted by molar-refractivity contribution is 5.95. The van der Waals surface area contributed by atoms with Crippen molar-refractivity contribution in [2.24, 2.45) is 0 Å². The van der Waals surface area contributed by atoms with Crippen LogP contribution in [0.5, 0.6) is 17.4 Å². The van der Waals surface area contributed by atoms with E-state index in [2.05, 4.69) is 21.6 Å². The van der Waals surface area contributed by atoms with Gasteiger partial charge in [-0.15, -0.1) is 10.2 Å². The van der Waals surface area contributed by atoms with Gasteiger partial charge in [0.25, 0.3) is 5.91 Å². The van der Waals surface area contributed by atoms with Crippen molar-refractivity contribution in [1.82, 2.24) is 15.5 Å². The lowest BCUT2D eigenvalue weighted by Crippen LogP contribution is -2.24. The van der Waals surface area contributed by atoms with E-state index in [1.54, 1.807) is 25.3 Å². The minimum absolute atomic E-state index is 0.0734. The molecule has 1 aliphatic rings. The van der Waals surface area contributed by atoms with Gasteiger partial charge in [-0.2, -0.15) is 0 Å². The van der Waals surface area contributed by atoms with Gasteiger partial charge in [-0.3, -0.25) is 4.79 Å². The Bertz CT molecular complexity index is 1080. The lowest BCUT2D eigenvalue weighted by Gasteiger charge is -2.13. The molecular weight excluding hydrogens is 402 g/mol. The van der Waals surface area contributed by atoms with Gasteiger partial charge in [0.15, 0.2) is 0 Å². The minimum Gasteiger partial charge on any atom is -0.497 e. The summed E-state index contributed by atoms with van der Waals surface area (Å²) < 4.78 is 10.9. The number of ether oxygens (including phenoxy) is 2. The van der Waals surface area contributed by atoms with E-state index in [9.17, 15) is 4.79 Å². The monoisotopic (exact) mass is 429 g/mol. The maximum Gasteiger partial charge on any atom is 0.251 e. The lowest BCUT2D eigenvalue weighted by atomic mass is 9.97. The fourth-order valence-corrected chi connectivity index (χ4v) is 3.68. The third-order valence-electron chi connectivity index (χ3n) is 5.46. The second-order valence-electron chi connectivity index (χ2n) is 7.73. The SMILES string of the molecule is COc1ccc(Oc2ccc(-c3cccc(C(=O)NCCC4=CCCCC4)c3)nn2)cc1. The van der Waals surface area contributed by atoms with Crippen molar-refractivity contribution in [3.05, 3.63) is 77.9 Å². The summed E-state index contributed by atoms with van der Waals surface area (Å²) in [4.78, 5) is 12.6. The van der Waals surface area contributed by atoms with Crippen LogP contribution >= 0.6 is 0 Å². The van der Waals surface area contributed by atoms with E-state index in [1.807, 2.05) is 42.5 Å². The fourth-order valence-electron chi connectivity index (χ4n) is 3.68. The van der Waals surface area contributed by atoms with E-state index in [0.29, 0.717) is 29.4 Å². The Hall–Kier alpha value is -3.67. The highest BCUT2D eigenvalue weighted by Crippen LogP contribution is 2.24. The molecule has 6 nitrogen and oxygen atoms in total. The standard InChI is InChI=1S/C26H27N3O3/c1-31-22-10-12-23(13-11-22)32-25-15-14-24(28-29-25)20-8-5-9-21(18-20)26(30)27-17-16-19-6-3-2-4-7-19/h5-6,8-15,18H,2-4,7,16-17H2,1H3,(H,27,30). The number of rotatable bonds is 8. The highest BCUT2D eigenvalue weighted by Gasteiger charge is 2.10. The molecule has 1 aliphatic carbocycles. The zero-order valence-electron chi connectivity index (χ0n) is 18.2. The van der Waals surface area contributed by atoms with Crippen LogP contribution in [0.4, 0.5) is 0 Å². The molecule has 0 fully saturated rings. The van der Waals surface area contributed by atoms with Crippen LogP contribution in [0, 0.1) is 0 Å². The number of carbonyl (C=O) groups excluding carboxylic acids is 1. The van der Waals surface area contributed by atoms with Gasteiger partial charge in [-0.05, 0) is 74.6 Å². The number of nitrogens with one attached hydrogen (secondary N) is 1. The van der Waals surface area contributed by atoms with Crippen LogP contribution < -0.4 is 14.8 Å². The van der Waals surface area contributed by atoms with Crippen LogP contribution in [0.25, 0.3) is 11.3 Å². The Kier molecular flexibility index (Phi) is 7.12. The number of hydrogen-bond donors (Lipinski definition) is 1. The van der Waals surface area contributed by atoms with Crippen LogP contribution in [0.2, 0.25) is 0 Å². The third-order valence-corrected chi connectivity index (χ3v) is 5.46. The molecule has 4 rings (SSSR count). The first kappa shape index (κ1) is 21.6. The van der Waals surface area contributed by atoms with Gasteiger partial charge < -0.3 is 14.8 Å². The van der Waals surface area contributed by atoms with E-state index in [4.69, 9.17) is 9.47 Å². The van der Waals surface area contributed by atoms with Crippen molar-refractivity contribution in [3.8, 4) is 28.6 Å². The number of carbonyl (C=O) groups is 1. The molecule has 1 heterocycles. The minimum atomic E-state index is -0.0734. The van der Waals surface area contributed by atoms with Crippen LogP contribution in [0.3, 0.4) is 0 Å². The number of hydrogen-bond acceptors (Lipinski definition) is 5. The van der Waals surface area contributed by atoms with Crippen molar-refractivity contribution in [1.29, 1.82) is 0 Å². The van der Waals surface area contributed by atoms with Gasteiger partial charge in [0.2, 0.25) is 5.88 Å². The van der Waals surface area contributed by atoms with Crippen molar-refractivity contribution >= 4 is 5.91 Å². The molecule has 0 unspecified atom stereocenters. The largest absolute Gasteiger partial charge is 0.497 e. The van der Waals surface area contributed by atoms with Crippen LogP contribution in [0.1, 0.15) is 42.5 Å². The van der Waals surface area contributed by atoms with Gasteiger partial charge in [-0.25, -0.2) is 0 Å². The van der Waals surface area contributed by atoms with Gasteiger partial charge in [0, 0.05) is 23.7 Å². The Balaban J connectivity index is 1.36. The number of amides is 1. The van der Waals surface area contributed by atoms with Gasteiger partial charge in [-0.1, -0.05) is 23.8 Å². The van der Waals surface area contributed by atoms with E-state index in [1.165, 1.54) is 18.4 Å². The first-order valence-electron chi connectivity index (χ1n) is 10.9. The van der Waals surface area contributed by atoms with E-state index in [-0.39, 0.29) is 5.91 Å². The molecule has 1 amide bonds. The highest BCUT2D eigenvalue weighted by atomic mass is 16.5. The summed E-state index contributed by atoms with van der Waals surface area (Å²) in [5.74, 6) is 1.73. The second-order valence-corrected chi connectivity index (χ2v) is 7.73. The van der Waals surface area contributed by atoms with Crippen LogP contribution in [0.15, 0.2) is 72.3 Å². The van der Waals surface area contributed by atoms with Crippen molar-refractivity contribution in [2.45, 2.75) is 32.1 Å². The number of allylic oxidation sites excluding steroid dienone is 1. The zero-order valence-corrected chi connectivity index (χ0v) is 18.2. The summed E-state index contributed by atoms with van der Waals surface area (Å²) in [6, 6.07) is 18.3. The average Bonchev–Trinajstić information content (AvgIpc) is 2.86. The molecule has 0 saturated heterocycles. The number of aromatic nitrogens is 2. The summed E-state index contributed by atoms with van der Waals surface area (Å²) in [5.41, 5.74) is 3.57. The molecule has 0 bridgehead atoms. The van der Waals surface area contributed by atoms with Crippen molar-refractivity contribution in [2.75, 3.05) is 13.7 Å². The van der Waals surface area contributed by atoms with E-state index >= 15 is 0 Å². The first-order chi connectivity index (χ1) is 15.7. The Morgan fingerprint density at radius 3 is 2.56 bits per heavy atom. The quantitative estimate of drug-likeness (QED) is 0.474. The fraction of sp³-hybridized carbons (Fsp3) is 0.269. The van der Waals surface area contributed by atoms with E-state index < -0.39 is 0 Å². The molecule has 6 heteroatoms. The predicted octanol–water partition coefficient (Wildman–Crippen LogP) is 5.56. The second kappa shape index (κ2) is 10.6. The Morgan fingerprint density at radius 1 is 1.00 bits per heavy atom. The Morgan fingerprint density at radius 2 is 1.84 bits per heavy atom. The van der Waals surface area contributed by atoms with Crippen molar-refractivity contribution < 1.29 is 14.3 Å². The predicted molar refractivity (Wildman–Crippen MR) is 124 cm³/mol. The first-order valence-corrected chi connectivity index (χ1v) is 10.9. The van der Waals surface area contributed by atoms with E-state index in [0.717, 1.165) is 30.6 Å². The maximum absolute atomic E-state index is 12.6. The van der Waals surface area contributed by atoms with Crippen molar-refractivity contribution in [3.63, 3.8) is 0 Å². The molecule has 0 saturated carbocycles. The molecule has 2 aromatic carbocycles. The maximum atomic E-state index is 12.6. The molecule has 0 radical (unpaired) electrons. The molecule has 1 aromatic heterocycles. The average molecular weight is 430 g/mol. The van der Waals surface area contributed by atoms with Gasteiger partial charge in [0.1, 0.15) is 11.5 Å². The molecule has 0 spiro atoms. The topological polar surface area (TPSA) is 73.3 Å². The smallest absolute Gasteiger partial charge is 0.251 e. The summed E-state index contributed by atoms with van der Waals surface area (Å²) in [5, 5.41) is 11.4. The molecular formula is C26H27N3O3. The van der Waals surface area contributed by atoms with Crippen LogP contribution in [-0.2, 0) is 0 Å². The third kappa shape index (κ3) is 5.72. The Labute approximate surface area is 188 Å². The number of benzene rings is 2. The molecule has 164 valence electrons. The number of nitrogens with zero attached hydrogens (tertiary/aromatic N) is 2. The van der Waals surface area contributed by atoms with Crippen LogP contribution in [-0.4, -0.2) is 29.8 Å². The molecule has 32 heavy (non-hydrogen) atoms. The summed E-state index contributed by atoms with van der Waals surface area (Å²) in [7, 11) is 1.62.